The van der Waals surface area contributed by atoms with Gasteiger partial charge in [-0.05, 0) is 34.1 Å². The second-order valence-corrected chi connectivity index (χ2v) is 4.15. The molecule has 1 aromatic carbocycles. The molecule has 4 nitrogen and oxygen atoms in total. The second-order valence-electron chi connectivity index (χ2n) is 2.89. The maximum atomic E-state index is 11.5. The van der Waals surface area contributed by atoms with Crippen LogP contribution in [0.25, 0.3) is 0 Å². The van der Waals surface area contributed by atoms with Gasteiger partial charge in [0.05, 0.1) is 12.1 Å². The van der Waals surface area contributed by atoms with Crippen LogP contribution in [0, 0.1) is 0 Å². The van der Waals surface area contributed by atoms with Crippen LogP contribution in [-0.2, 0) is 9.53 Å². The van der Waals surface area contributed by atoms with Crippen molar-refractivity contribution in [2.24, 2.45) is 0 Å². The van der Waals surface area contributed by atoms with Crippen LogP contribution in [0.1, 0.15) is 10.4 Å². The Bertz CT molecular complexity index is 423. The average Bonchev–Trinajstić information content (AvgIpc) is 2.29. The summed E-state index contributed by atoms with van der Waals surface area (Å²) in [5, 5.41) is 2.84. The number of hydrogen-bond acceptors (Lipinski definition) is 3. The van der Waals surface area contributed by atoms with E-state index in [9.17, 15) is 9.59 Å². The zero-order valence-corrected chi connectivity index (χ0v) is 10.8. The molecule has 1 rings (SSSR count). The molecular formula is C10H9BrClNO3. The van der Waals surface area contributed by atoms with Crippen LogP contribution in [0.3, 0.4) is 0 Å². The molecule has 0 aliphatic rings. The summed E-state index contributed by atoms with van der Waals surface area (Å²) in [5.74, 6) is -0.878. The molecule has 0 atom stereocenters. The van der Waals surface area contributed by atoms with Crippen LogP contribution in [0.5, 0.6) is 0 Å². The molecule has 0 aliphatic heterocycles. The van der Waals surface area contributed by atoms with E-state index >= 15 is 0 Å². The minimum absolute atomic E-state index is 0.164. The zero-order valence-electron chi connectivity index (χ0n) is 8.42. The fourth-order valence-corrected chi connectivity index (χ4v) is 1.39. The van der Waals surface area contributed by atoms with Gasteiger partial charge in [0, 0.05) is 10.0 Å². The van der Waals surface area contributed by atoms with Crippen molar-refractivity contribution in [3.8, 4) is 0 Å². The first-order valence-corrected chi connectivity index (χ1v) is 5.51. The van der Waals surface area contributed by atoms with Gasteiger partial charge in [-0.15, -0.1) is 0 Å². The Morgan fingerprint density at radius 1 is 1.50 bits per heavy atom. The van der Waals surface area contributed by atoms with E-state index in [0.717, 1.165) is 0 Å². The highest BCUT2D eigenvalue weighted by Crippen LogP contribution is 2.22. The van der Waals surface area contributed by atoms with Crippen molar-refractivity contribution in [3.05, 3.63) is 33.3 Å². The Kier molecular flexibility index (Phi) is 4.76. The maximum absolute atomic E-state index is 11.5. The molecule has 1 N–H and O–H groups in total. The monoisotopic (exact) mass is 305 g/mol. The molecule has 16 heavy (non-hydrogen) atoms. The van der Waals surface area contributed by atoms with Crippen molar-refractivity contribution >= 4 is 39.4 Å². The van der Waals surface area contributed by atoms with E-state index in [4.69, 9.17) is 11.6 Å². The first-order valence-electron chi connectivity index (χ1n) is 4.34. The van der Waals surface area contributed by atoms with Crippen LogP contribution in [-0.4, -0.2) is 25.5 Å². The molecule has 0 radical (unpaired) electrons. The van der Waals surface area contributed by atoms with E-state index in [1.54, 1.807) is 12.1 Å². The third kappa shape index (κ3) is 3.50. The van der Waals surface area contributed by atoms with Crippen LogP contribution in [0.4, 0.5) is 0 Å². The van der Waals surface area contributed by atoms with Gasteiger partial charge in [0.15, 0.2) is 0 Å². The SMILES string of the molecule is COC(=O)CNC(=O)c1ccc(Br)c(Cl)c1. The number of carbonyl (C=O) groups excluding carboxylic acids is 2. The van der Waals surface area contributed by atoms with Crippen molar-refractivity contribution in [3.63, 3.8) is 0 Å². The molecule has 0 aliphatic carbocycles. The van der Waals surface area contributed by atoms with Crippen molar-refractivity contribution in [2.45, 2.75) is 0 Å². The molecule has 0 saturated carbocycles. The maximum Gasteiger partial charge on any atom is 0.325 e. The molecule has 86 valence electrons. The van der Waals surface area contributed by atoms with Crippen LogP contribution in [0.15, 0.2) is 22.7 Å². The molecule has 0 heterocycles. The van der Waals surface area contributed by atoms with Crippen molar-refractivity contribution < 1.29 is 14.3 Å². The van der Waals surface area contributed by atoms with Gasteiger partial charge in [-0.3, -0.25) is 9.59 Å². The van der Waals surface area contributed by atoms with E-state index in [2.05, 4.69) is 26.0 Å². The van der Waals surface area contributed by atoms with Gasteiger partial charge in [0.25, 0.3) is 5.91 Å². The molecule has 0 saturated heterocycles. The number of hydrogen-bond donors (Lipinski definition) is 1. The minimum Gasteiger partial charge on any atom is -0.468 e. The number of rotatable bonds is 3. The van der Waals surface area contributed by atoms with Gasteiger partial charge >= 0.3 is 5.97 Å². The quantitative estimate of drug-likeness (QED) is 0.869. The van der Waals surface area contributed by atoms with Gasteiger partial charge < -0.3 is 10.1 Å². The average molecular weight is 307 g/mol. The summed E-state index contributed by atoms with van der Waals surface area (Å²) >= 11 is 9.04. The van der Waals surface area contributed by atoms with E-state index in [1.807, 2.05) is 0 Å². The molecule has 0 aromatic heterocycles. The number of methoxy groups -OCH3 is 1. The molecule has 0 spiro atoms. The number of halogens is 2. The molecule has 0 fully saturated rings. The lowest BCUT2D eigenvalue weighted by atomic mass is 10.2. The lowest BCUT2D eigenvalue weighted by molar-refractivity contribution is -0.139. The third-order valence-electron chi connectivity index (χ3n) is 1.80. The zero-order chi connectivity index (χ0) is 12.1. The Morgan fingerprint density at radius 3 is 2.75 bits per heavy atom. The van der Waals surface area contributed by atoms with Crippen molar-refractivity contribution in [1.29, 1.82) is 0 Å². The summed E-state index contributed by atoms with van der Waals surface area (Å²) < 4.78 is 5.10. The summed E-state index contributed by atoms with van der Waals surface area (Å²) in [6, 6.07) is 4.77. The predicted molar refractivity (Wildman–Crippen MR) is 63.5 cm³/mol. The van der Waals surface area contributed by atoms with E-state index in [-0.39, 0.29) is 12.5 Å². The lowest BCUT2D eigenvalue weighted by Gasteiger charge is -2.04. The van der Waals surface area contributed by atoms with Crippen molar-refractivity contribution in [1.82, 2.24) is 5.32 Å². The van der Waals surface area contributed by atoms with E-state index in [1.165, 1.54) is 13.2 Å². The summed E-state index contributed by atoms with van der Waals surface area (Å²) in [5.41, 5.74) is 0.386. The van der Waals surface area contributed by atoms with E-state index < -0.39 is 5.97 Å². The Labute approximate surface area is 106 Å². The highest BCUT2D eigenvalue weighted by molar-refractivity contribution is 9.10. The summed E-state index contributed by atoms with van der Waals surface area (Å²) in [7, 11) is 1.25. The van der Waals surface area contributed by atoms with Crippen LogP contribution >= 0.6 is 27.5 Å². The molecule has 1 amide bonds. The normalized spacial score (nSPS) is 9.69. The first-order chi connectivity index (χ1) is 7.54. The fraction of sp³-hybridized carbons (Fsp3) is 0.200. The van der Waals surface area contributed by atoms with Gasteiger partial charge in [0.2, 0.25) is 0 Å². The van der Waals surface area contributed by atoms with E-state index in [0.29, 0.717) is 15.1 Å². The number of nitrogens with one attached hydrogen (secondary N) is 1. The summed E-state index contributed by atoms with van der Waals surface area (Å²) in [4.78, 5) is 22.3. The van der Waals surface area contributed by atoms with Crippen molar-refractivity contribution in [2.75, 3.05) is 13.7 Å². The third-order valence-corrected chi connectivity index (χ3v) is 3.04. The molecule has 6 heteroatoms. The molecule has 1 aromatic rings. The van der Waals surface area contributed by atoms with Crippen LogP contribution < -0.4 is 5.32 Å². The Hall–Kier alpha value is -1.07. The predicted octanol–water partition coefficient (Wildman–Crippen LogP) is 2.01. The number of carbonyl (C=O) groups is 2. The lowest BCUT2D eigenvalue weighted by Crippen LogP contribution is -2.30. The van der Waals surface area contributed by atoms with Gasteiger partial charge in [-0.25, -0.2) is 0 Å². The second kappa shape index (κ2) is 5.86. The largest absolute Gasteiger partial charge is 0.468 e. The summed E-state index contributed by atoms with van der Waals surface area (Å²) in [6.07, 6.45) is 0. The molecule has 0 unspecified atom stereocenters. The Balaban J connectivity index is 2.66. The first kappa shape index (κ1) is 13.0. The number of ether oxygens (including phenoxy) is 1. The molecule has 0 bridgehead atoms. The topological polar surface area (TPSA) is 55.4 Å². The highest BCUT2D eigenvalue weighted by atomic mass is 79.9. The van der Waals surface area contributed by atoms with Gasteiger partial charge in [0.1, 0.15) is 6.54 Å². The number of benzene rings is 1. The molecular weight excluding hydrogens is 297 g/mol. The highest BCUT2D eigenvalue weighted by Gasteiger charge is 2.09. The fourth-order valence-electron chi connectivity index (χ4n) is 0.964. The van der Waals surface area contributed by atoms with Crippen LogP contribution in [0.2, 0.25) is 5.02 Å². The van der Waals surface area contributed by atoms with Gasteiger partial charge in [-0.1, -0.05) is 11.6 Å². The Morgan fingerprint density at radius 2 is 2.19 bits per heavy atom. The smallest absolute Gasteiger partial charge is 0.325 e. The van der Waals surface area contributed by atoms with Gasteiger partial charge in [-0.2, -0.15) is 0 Å². The minimum atomic E-state index is -0.503. The standard InChI is InChI=1S/C10H9BrClNO3/c1-16-9(14)5-13-10(15)6-2-3-7(11)8(12)4-6/h2-4H,5H2,1H3,(H,13,15). The summed E-state index contributed by atoms with van der Waals surface area (Å²) in [6.45, 7) is -0.164. The number of esters is 1. The number of amides is 1.